The monoisotopic (exact) mass is 413 g/mol. The topological polar surface area (TPSA) is 85.1 Å². The van der Waals surface area contributed by atoms with E-state index in [2.05, 4.69) is 5.16 Å². The van der Waals surface area contributed by atoms with Crippen molar-refractivity contribution in [3.8, 4) is 5.75 Å². The second-order valence-corrected chi connectivity index (χ2v) is 7.74. The largest absolute Gasteiger partial charge is 0.489 e. The molecule has 2 aliphatic rings. The lowest BCUT2D eigenvalue weighted by Gasteiger charge is -2.35. The van der Waals surface area contributed by atoms with Crippen LogP contribution in [0, 0.1) is 13.8 Å². The summed E-state index contributed by atoms with van der Waals surface area (Å²) in [5.41, 5.74) is 2.29. The van der Waals surface area contributed by atoms with Gasteiger partial charge in [-0.1, -0.05) is 11.2 Å². The van der Waals surface area contributed by atoms with Gasteiger partial charge in [-0.3, -0.25) is 9.59 Å². The molecule has 2 fully saturated rings. The zero-order valence-corrected chi connectivity index (χ0v) is 17.4. The van der Waals surface area contributed by atoms with E-state index in [1.807, 2.05) is 30.9 Å². The Kier molecular flexibility index (Phi) is 6.03. The van der Waals surface area contributed by atoms with E-state index in [4.69, 9.17) is 14.0 Å². The average molecular weight is 413 g/mol. The maximum Gasteiger partial charge on any atom is 0.254 e. The summed E-state index contributed by atoms with van der Waals surface area (Å²) >= 11 is 0. The Morgan fingerprint density at radius 1 is 1.17 bits per heavy atom. The molecule has 2 aliphatic heterocycles. The molecule has 1 atom stereocenters. The van der Waals surface area contributed by atoms with Crippen LogP contribution in [0.3, 0.4) is 0 Å². The van der Waals surface area contributed by atoms with Gasteiger partial charge in [0, 0.05) is 38.3 Å². The molecule has 8 heteroatoms. The number of hydrogen-bond acceptors (Lipinski definition) is 6. The van der Waals surface area contributed by atoms with Crippen LogP contribution in [0.25, 0.3) is 0 Å². The summed E-state index contributed by atoms with van der Waals surface area (Å²) in [6.45, 7) is 6.81. The standard InChI is InChI=1S/C22H27N3O5/c1-15-19(16(2)30-23-15)14-29-18-6-3-5-17(13-18)21(26)24-8-10-25(11-9-24)22(27)20-7-4-12-28-20/h3,5-6,13,20H,4,7-12,14H2,1-2H3. The minimum Gasteiger partial charge on any atom is -0.489 e. The fourth-order valence-corrected chi connectivity index (χ4v) is 3.87. The molecule has 8 nitrogen and oxygen atoms in total. The van der Waals surface area contributed by atoms with Crippen LogP contribution in [-0.4, -0.2) is 65.7 Å². The zero-order valence-electron chi connectivity index (χ0n) is 17.4. The van der Waals surface area contributed by atoms with Crippen LogP contribution in [0.15, 0.2) is 28.8 Å². The van der Waals surface area contributed by atoms with E-state index < -0.39 is 0 Å². The molecule has 30 heavy (non-hydrogen) atoms. The highest BCUT2D eigenvalue weighted by atomic mass is 16.5. The second-order valence-electron chi connectivity index (χ2n) is 7.74. The smallest absolute Gasteiger partial charge is 0.254 e. The molecule has 0 N–H and O–H groups in total. The summed E-state index contributed by atoms with van der Waals surface area (Å²) in [5, 5.41) is 3.93. The van der Waals surface area contributed by atoms with Gasteiger partial charge in [0.05, 0.1) is 11.3 Å². The van der Waals surface area contributed by atoms with Crippen molar-refractivity contribution < 1.29 is 23.6 Å². The molecule has 4 rings (SSSR count). The van der Waals surface area contributed by atoms with Crippen LogP contribution in [0.2, 0.25) is 0 Å². The van der Waals surface area contributed by atoms with Crippen molar-refractivity contribution in [2.45, 2.75) is 39.4 Å². The van der Waals surface area contributed by atoms with E-state index in [0.717, 1.165) is 29.9 Å². The molecule has 1 aromatic heterocycles. The Hall–Kier alpha value is -2.87. The summed E-state index contributed by atoms with van der Waals surface area (Å²) in [7, 11) is 0. The highest BCUT2D eigenvalue weighted by molar-refractivity contribution is 5.94. The third-order valence-corrected chi connectivity index (χ3v) is 5.73. The van der Waals surface area contributed by atoms with E-state index >= 15 is 0 Å². The molecule has 2 amide bonds. The van der Waals surface area contributed by atoms with E-state index in [1.165, 1.54) is 0 Å². The minimum atomic E-state index is -0.307. The van der Waals surface area contributed by atoms with Crippen molar-refractivity contribution in [3.05, 3.63) is 46.8 Å². The van der Waals surface area contributed by atoms with Crippen LogP contribution in [0.4, 0.5) is 0 Å². The highest BCUT2D eigenvalue weighted by Crippen LogP contribution is 2.20. The first-order valence-electron chi connectivity index (χ1n) is 10.4. The molecule has 0 bridgehead atoms. The molecular formula is C22H27N3O5. The van der Waals surface area contributed by atoms with E-state index in [0.29, 0.717) is 50.7 Å². The molecule has 0 radical (unpaired) electrons. The molecule has 0 spiro atoms. The molecule has 3 heterocycles. The molecule has 160 valence electrons. The average Bonchev–Trinajstić information content (AvgIpc) is 3.42. The van der Waals surface area contributed by atoms with Gasteiger partial charge in [0.15, 0.2) is 0 Å². The van der Waals surface area contributed by atoms with E-state index in [9.17, 15) is 9.59 Å². The van der Waals surface area contributed by atoms with Crippen LogP contribution in [0.1, 0.15) is 40.2 Å². The Labute approximate surface area is 175 Å². The summed E-state index contributed by atoms with van der Waals surface area (Å²) in [4.78, 5) is 29.0. The number of piperazine rings is 1. The molecule has 2 aromatic rings. The van der Waals surface area contributed by atoms with Crippen molar-refractivity contribution in [3.63, 3.8) is 0 Å². The number of aromatic nitrogens is 1. The Balaban J connectivity index is 1.33. The first kappa shape index (κ1) is 20.4. The van der Waals surface area contributed by atoms with Gasteiger partial charge in [-0.05, 0) is 44.9 Å². The fraction of sp³-hybridized carbons (Fsp3) is 0.500. The SMILES string of the molecule is Cc1noc(C)c1COc1cccc(C(=O)N2CCN(C(=O)C3CCCO3)CC2)c1. The highest BCUT2D eigenvalue weighted by Gasteiger charge is 2.31. The van der Waals surface area contributed by atoms with Crippen LogP contribution >= 0.6 is 0 Å². The van der Waals surface area contributed by atoms with Gasteiger partial charge in [-0.15, -0.1) is 0 Å². The summed E-state index contributed by atoms with van der Waals surface area (Å²) in [5.74, 6) is 1.35. The Morgan fingerprint density at radius 2 is 1.93 bits per heavy atom. The van der Waals surface area contributed by atoms with Gasteiger partial charge < -0.3 is 23.8 Å². The normalized spacial score (nSPS) is 19.2. The maximum absolute atomic E-state index is 12.9. The maximum atomic E-state index is 12.9. The van der Waals surface area contributed by atoms with E-state index in [-0.39, 0.29) is 17.9 Å². The van der Waals surface area contributed by atoms with Gasteiger partial charge in [-0.25, -0.2) is 0 Å². The van der Waals surface area contributed by atoms with Crippen molar-refractivity contribution in [1.82, 2.24) is 15.0 Å². The van der Waals surface area contributed by atoms with Crippen LogP contribution < -0.4 is 4.74 Å². The number of nitrogens with zero attached hydrogens (tertiary/aromatic N) is 3. The Bertz CT molecular complexity index is 892. The third kappa shape index (κ3) is 4.33. The number of hydrogen-bond donors (Lipinski definition) is 0. The predicted octanol–water partition coefficient (Wildman–Crippen LogP) is 2.33. The molecule has 2 saturated heterocycles. The van der Waals surface area contributed by atoms with Gasteiger partial charge in [0.25, 0.3) is 11.8 Å². The lowest BCUT2D eigenvalue weighted by atomic mass is 10.1. The number of aryl methyl sites for hydroxylation is 2. The molecule has 0 aliphatic carbocycles. The van der Waals surface area contributed by atoms with Crippen molar-refractivity contribution in [2.75, 3.05) is 32.8 Å². The van der Waals surface area contributed by atoms with Gasteiger partial charge in [-0.2, -0.15) is 0 Å². The van der Waals surface area contributed by atoms with Gasteiger partial charge in [0.2, 0.25) is 0 Å². The van der Waals surface area contributed by atoms with Crippen LogP contribution in [0.5, 0.6) is 5.75 Å². The first-order chi connectivity index (χ1) is 14.5. The minimum absolute atomic E-state index is 0.0503. The third-order valence-electron chi connectivity index (χ3n) is 5.73. The van der Waals surface area contributed by atoms with Gasteiger partial charge >= 0.3 is 0 Å². The fourth-order valence-electron chi connectivity index (χ4n) is 3.87. The summed E-state index contributed by atoms with van der Waals surface area (Å²) < 4.78 is 16.5. The molecule has 1 unspecified atom stereocenters. The van der Waals surface area contributed by atoms with Crippen LogP contribution in [-0.2, 0) is 16.1 Å². The first-order valence-corrected chi connectivity index (χ1v) is 10.4. The van der Waals surface area contributed by atoms with Crippen molar-refractivity contribution >= 4 is 11.8 Å². The second kappa shape index (κ2) is 8.87. The Morgan fingerprint density at radius 3 is 2.60 bits per heavy atom. The van der Waals surface area contributed by atoms with Crippen molar-refractivity contribution in [2.24, 2.45) is 0 Å². The van der Waals surface area contributed by atoms with E-state index in [1.54, 1.807) is 17.0 Å². The lowest BCUT2D eigenvalue weighted by molar-refractivity contribution is -0.142. The molecular weight excluding hydrogens is 386 g/mol. The molecule has 0 saturated carbocycles. The summed E-state index contributed by atoms with van der Waals surface area (Å²) in [6.07, 6.45) is 1.42. The number of carbonyl (C=O) groups is 2. The number of ether oxygens (including phenoxy) is 2. The predicted molar refractivity (Wildman–Crippen MR) is 108 cm³/mol. The number of carbonyl (C=O) groups excluding carboxylic acids is 2. The molecule has 1 aromatic carbocycles. The quantitative estimate of drug-likeness (QED) is 0.748. The number of benzene rings is 1. The number of amides is 2. The summed E-state index contributed by atoms with van der Waals surface area (Å²) in [6, 6.07) is 7.18. The lowest BCUT2D eigenvalue weighted by Crippen LogP contribution is -2.52. The zero-order chi connectivity index (χ0) is 21.1. The van der Waals surface area contributed by atoms with Gasteiger partial charge in [0.1, 0.15) is 24.2 Å². The number of rotatable bonds is 5. The van der Waals surface area contributed by atoms with Crippen molar-refractivity contribution in [1.29, 1.82) is 0 Å².